The predicted octanol–water partition coefficient (Wildman–Crippen LogP) is 3.42. The molecule has 1 saturated heterocycles. The van der Waals surface area contributed by atoms with Gasteiger partial charge in [-0.1, -0.05) is 18.2 Å². The van der Waals surface area contributed by atoms with Crippen molar-refractivity contribution in [1.82, 2.24) is 29.7 Å². The molecule has 4 aromatic rings. The van der Waals surface area contributed by atoms with Gasteiger partial charge in [-0.25, -0.2) is 22.3 Å². The van der Waals surface area contributed by atoms with Gasteiger partial charge in [0.25, 0.3) is 5.91 Å². The van der Waals surface area contributed by atoms with Gasteiger partial charge in [-0.2, -0.15) is 13.2 Å². The van der Waals surface area contributed by atoms with Crippen molar-refractivity contribution in [2.24, 2.45) is 0 Å². The second-order valence-electron chi connectivity index (χ2n) is 10.1. The molecule has 2 aromatic heterocycles. The molecule has 2 N–H and O–H groups in total. The first-order valence-corrected chi connectivity index (χ1v) is 16.9. The van der Waals surface area contributed by atoms with Gasteiger partial charge in [0, 0.05) is 31.7 Å². The average molecular weight is 673 g/mol. The van der Waals surface area contributed by atoms with E-state index >= 15 is 0 Å². The number of hydrogen-bond acceptors (Lipinski definition) is 10. The van der Waals surface area contributed by atoms with E-state index in [1.54, 1.807) is 41.3 Å². The molecule has 1 aliphatic heterocycles. The van der Waals surface area contributed by atoms with Crippen LogP contribution in [0, 0.1) is 0 Å². The molecule has 2 unspecified atom stereocenters. The third-order valence-corrected chi connectivity index (χ3v) is 10.5. The Morgan fingerprint density at radius 2 is 1.86 bits per heavy atom. The van der Waals surface area contributed by atoms with Gasteiger partial charge in [0.2, 0.25) is 23.0 Å². The van der Waals surface area contributed by atoms with E-state index < -0.39 is 50.6 Å². The van der Waals surface area contributed by atoms with Crippen LogP contribution in [0.1, 0.15) is 38.8 Å². The zero-order valence-corrected chi connectivity index (χ0v) is 25.6. The Hall–Kier alpha value is -3.29. The first kappa shape index (κ1) is 32.1. The molecule has 18 heteroatoms. The molecule has 0 radical (unpaired) electrons. The summed E-state index contributed by atoms with van der Waals surface area (Å²) < 4.78 is 93.4. The van der Waals surface area contributed by atoms with Crippen molar-refractivity contribution >= 4 is 48.6 Å². The number of piperazine rings is 1. The summed E-state index contributed by atoms with van der Waals surface area (Å²) in [4.78, 5) is 21.5. The number of halogens is 3. The smallest absolute Gasteiger partial charge is 0.390 e. The van der Waals surface area contributed by atoms with E-state index in [4.69, 9.17) is 8.97 Å². The lowest BCUT2D eigenvalue weighted by Crippen LogP contribution is -2.47. The highest BCUT2D eigenvalue weighted by atomic mass is 32.2. The molecular formula is C26H27F3N6O6S3. The number of alkyl halides is 3. The van der Waals surface area contributed by atoms with Crippen molar-refractivity contribution < 1.29 is 39.6 Å². The Morgan fingerprint density at radius 1 is 1.14 bits per heavy atom. The van der Waals surface area contributed by atoms with Crippen LogP contribution in [0.25, 0.3) is 21.3 Å². The molecule has 0 saturated carbocycles. The highest BCUT2D eigenvalue weighted by Crippen LogP contribution is 2.38. The number of rotatable bonds is 10. The number of aromatic nitrogens is 3. The normalized spacial score (nSPS) is 16.3. The molecule has 0 aliphatic carbocycles. The number of thiazole rings is 1. The van der Waals surface area contributed by atoms with E-state index in [0.29, 0.717) is 28.9 Å². The van der Waals surface area contributed by atoms with Crippen molar-refractivity contribution in [3.05, 3.63) is 64.8 Å². The number of fused-ring (bicyclic) bond motifs is 1. The van der Waals surface area contributed by atoms with E-state index in [1.807, 2.05) is 13.1 Å². The standard InChI is InChI=1S/C26H27F3N6O6S3/c1-34-8-10-35(11-9-34)25(36)18-4-2-3-16(13-18)17-5-6-19-20(14-17)42-24(31-19)22(44(39,40)12-7-26(27,28)29)23-33-32-21(41-23)15-30-43(37)38/h2-6,13-14,22,30H,7-12,15H2,1H3,(H,37,38). The number of carbonyl (C=O) groups is 1. The number of benzene rings is 2. The van der Waals surface area contributed by atoms with E-state index in [-0.39, 0.29) is 23.4 Å². The highest BCUT2D eigenvalue weighted by Gasteiger charge is 2.40. The number of nitrogens with zero attached hydrogens (tertiary/aromatic N) is 5. The fourth-order valence-corrected chi connectivity index (χ4v) is 7.94. The average Bonchev–Trinajstić information content (AvgIpc) is 3.61. The Balaban J connectivity index is 1.47. The number of carbonyl (C=O) groups excluding carboxylic acids is 1. The van der Waals surface area contributed by atoms with Gasteiger partial charge < -0.3 is 14.2 Å². The van der Waals surface area contributed by atoms with Gasteiger partial charge in [-0.3, -0.25) is 9.35 Å². The predicted molar refractivity (Wildman–Crippen MR) is 157 cm³/mol. The summed E-state index contributed by atoms with van der Waals surface area (Å²) in [6.07, 6.45) is -6.31. The maximum atomic E-state index is 13.3. The first-order chi connectivity index (χ1) is 20.8. The molecule has 12 nitrogen and oxygen atoms in total. The highest BCUT2D eigenvalue weighted by molar-refractivity contribution is 7.92. The Labute approximate surface area is 256 Å². The zero-order valence-electron chi connectivity index (χ0n) is 23.2. The van der Waals surface area contributed by atoms with Crippen molar-refractivity contribution in [2.75, 3.05) is 39.0 Å². The van der Waals surface area contributed by atoms with Crippen LogP contribution in [0.5, 0.6) is 0 Å². The second-order valence-corrected chi connectivity index (χ2v) is 14.2. The van der Waals surface area contributed by atoms with Gasteiger partial charge in [0.05, 0.1) is 28.9 Å². The maximum absolute atomic E-state index is 13.3. The summed E-state index contributed by atoms with van der Waals surface area (Å²) in [6.45, 7) is 2.44. The van der Waals surface area contributed by atoms with Crippen LogP contribution in [-0.4, -0.2) is 93.2 Å². The fraction of sp³-hybridized carbons (Fsp3) is 0.385. The molecule has 0 spiro atoms. The van der Waals surface area contributed by atoms with Crippen LogP contribution >= 0.6 is 11.3 Å². The van der Waals surface area contributed by atoms with Crippen molar-refractivity contribution in [1.29, 1.82) is 0 Å². The van der Waals surface area contributed by atoms with Gasteiger partial charge in [0.1, 0.15) is 5.01 Å². The SMILES string of the molecule is CN1CCN(C(=O)c2cccc(-c3ccc4nc(C(c5nnc(CNS(=O)O)o5)S(=O)(=O)CCC(F)(F)F)sc4c3)c2)CC1. The topological polar surface area (TPSA) is 159 Å². The Bertz CT molecular complexity index is 1790. The molecule has 5 rings (SSSR count). The second kappa shape index (κ2) is 13.0. The van der Waals surface area contributed by atoms with Crippen LogP contribution < -0.4 is 4.72 Å². The largest absolute Gasteiger partial charge is 0.422 e. The van der Waals surface area contributed by atoms with Gasteiger partial charge in [-0.05, 0) is 42.4 Å². The van der Waals surface area contributed by atoms with Crippen molar-refractivity contribution in [2.45, 2.75) is 24.4 Å². The number of sulfone groups is 1. The molecule has 236 valence electrons. The lowest BCUT2D eigenvalue weighted by atomic mass is 10.0. The zero-order chi connectivity index (χ0) is 31.6. The number of nitrogens with one attached hydrogen (secondary N) is 1. The minimum atomic E-state index is -4.73. The van der Waals surface area contributed by atoms with Gasteiger partial charge in [0.15, 0.2) is 15.1 Å². The van der Waals surface area contributed by atoms with Crippen LogP contribution in [0.2, 0.25) is 0 Å². The van der Waals surface area contributed by atoms with E-state index in [1.165, 1.54) is 0 Å². The van der Waals surface area contributed by atoms with Gasteiger partial charge >= 0.3 is 6.18 Å². The van der Waals surface area contributed by atoms with Crippen molar-refractivity contribution in [3.63, 3.8) is 0 Å². The first-order valence-electron chi connectivity index (χ1n) is 13.2. The minimum absolute atomic E-state index is 0.0765. The van der Waals surface area contributed by atoms with Crippen LogP contribution in [-0.2, 0) is 27.6 Å². The summed E-state index contributed by atoms with van der Waals surface area (Å²) >= 11 is -1.48. The van der Waals surface area contributed by atoms with Crippen molar-refractivity contribution in [3.8, 4) is 11.1 Å². The molecule has 3 heterocycles. The molecule has 1 aliphatic rings. The lowest BCUT2D eigenvalue weighted by Gasteiger charge is -2.32. The monoisotopic (exact) mass is 672 g/mol. The summed E-state index contributed by atoms with van der Waals surface area (Å²) in [5.74, 6) is -2.07. The molecule has 44 heavy (non-hydrogen) atoms. The van der Waals surface area contributed by atoms with Crippen LogP contribution in [0.4, 0.5) is 13.2 Å². The number of amides is 1. The molecule has 1 amide bonds. The Morgan fingerprint density at radius 3 is 2.57 bits per heavy atom. The third-order valence-electron chi connectivity index (χ3n) is 6.95. The molecule has 2 atom stereocenters. The van der Waals surface area contributed by atoms with Crippen LogP contribution in [0.15, 0.2) is 46.9 Å². The summed E-state index contributed by atoms with van der Waals surface area (Å²) in [7, 11) is -2.56. The fourth-order valence-electron chi connectivity index (χ4n) is 4.61. The molecule has 1 fully saturated rings. The quantitative estimate of drug-likeness (QED) is 0.239. The minimum Gasteiger partial charge on any atom is -0.422 e. The third kappa shape index (κ3) is 7.67. The van der Waals surface area contributed by atoms with E-state index in [2.05, 4.69) is 24.8 Å². The Kier molecular flexibility index (Phi) is 9.47. The summed E-state index contributed by atoms with van der Waals surface area (Å²) in [5, 5.41) is 5.50. The lowest BCUT2D eigenvalue weighted by molar-refractivity contribution is -0.129. The van der Waals surface area contributed by atoms with E-state index in [9.17, 15) is 30.6 Å². The molecule has 2 aromatic carbocycles. The summed E-state index contributed by atoms with van der Waals surface area (Å²) in [6, 6.07) is 12.3. The van der Waals surface area contributed by atoms with E-state index in [0.717, 1.165) is 35.6 Å². The molecular weight excluding hydrogens is 646 g/mol. The number of likely N-dealkylation sites (N-methyl/N-ethyl adjacent to an activating group) is 1. The summed E-state index contributed by atoms with van der Waals surface area (Å²) in [5.41, 5.74) is 2.39. The van der Waals surface area contributed by atoms with Gasteiger partial charge in [-0.15, -0.1) is 21.5 Å². The van der Waals surface area contributed by atoms with Crippen LogP contribution in [0.3, 0.4) is 0 Å². The number of hydrogen-bond donors (Lipinski definition) is 2. The maximum Gasteiger partial charge on any atom is 0.390 e. The molecule has 0 bridgehead atoms.